The maximum absolute atomic E-state index is 12.0. The Morgan fingerprint density at radius 2 is 1.61 bits per heavy atom. The third kappa shape index (κ3) is 4.68. The van der Waals surface area contributed by atoms with Gasteiger partial charge in [0.2, 0.25) is 0 Å². The van der Waals surface area contributed by atoms with E-state index < -0.39 is 11.8 Å². The number of carbonyl (C=O) groups is 2. The highest BCUT2D eigenvalue weighted by Crippen LogP contribution is 2.15. The van der Waals surface area contributed by atoms with Crippen molar-refractivity contribution in [1.29, 1.82) is 0 Å². The van der Waals surface area contributed by atoms with Crippen LogP contribution in [0.3, 0.4) is 0 Å². The predicted molar refractivity (Wildman–Crippen MR) is 92.3 cm³/mol. The van der Waals surface area contributed by atoms with E-state index in [2.05, 4.69) is 10.6 Å². The summed E-state index contributed by atoms with van der Waals surface area (Å²) in [5.74, 6) is -1.10. The van der Waals surface area contributed by atoms with Gasteiger partial charge in [0, 0.05) is 12.2 Å². The van der Waals surface area contributed by atoms with E-state index in [0.717, 1.165) is 17.5 Å². The van der Waals surface area contributed by atoms with Gasteiger partial charge < -0.3 is 10.6 Å². The molecule has 1 atom stereocenters. The van der Waals surface area contributed by atoms with Crippen LogP contribution in [-0.4, -0.2) is 18.4 Å². The number of nitrogens with one attached hydrogen (secondary N) is 2. The van der Waals surface area contributed by atoms with Crippen LogP contribution in [0.2, 0.25) is 0 Å². The fourth-order valence-electron chi connectivity index (χ4n) is 2.36. The highest BCUT2D eigenvalue weighted by atomic mass is 16.2. The summed E-state index contributed by atoms with van der Waals surface area (Å²) in [7, 11) is 0. The molecular formula is C19H22N2O2. The number of aryl methyl sites for hydroxylation is 1. The Morgan fingerprint density at radius 3 is 2.30 bits per heavy atom. The number of hydrogen-bond donors (Lipinski definition) is 2. The molecule has 0 spiro atoms. The van der Waals surface area contributed by atoms with Crippen LogP contribution in [0, 0.1) is 0 Å². The highest BCUT2D eigenvalue weighted by Gasteiger charge is 2.16. The van der Waals surface area contributed by atoms with Gasteiger partial charge in [0.15, 0.2) is 0 Å². The van der Waals surface area contributed by atoms with E-state index in [9.17, 15) is 9.59 Å². The Kier molecular flexibility index (Phi) is 5.92. The van der Waals surface area contributed by atoms with Crippen LogP contribution >= 0.6 is 0 Å². The van der Waals surface area contributed by atoms with Gasteiger partial charge in [-0.25, -0.2) is 0 Å². The minimum absolute atomic E-state index is 0.149. The van der Waals surface area contributed by atoms with E-state index in [4.69, 9.17) is 0 Å². The lowest BCUT2D eigenvalue weighted by atomic mass is 10.0. The summed E-state index contributed by atoms with van der Waals surface area (Å²) in [6.07, 6.45) is 0.795. The van der Waals surface area contributed by atoms with Gasteiger partial charge >= 0.3 is 11.8 Å². The molecule has 2 aromatic rings. The van der Waals surface area contributed by atoms with Crippen molar-refractivity contribution in [3.05, 3.63) is 65.7 Å². The topological polar surface area (TPSA) is 58.2 Å². The molecule has 0 saturated carbocycles. The normalized spacial score (nSPS) is 11.6. The molecule has 0 bridgehead atoms. The van der Waals surface area contributed by atoms with Crippen molar-refractivity contribution in [1.82, 2.24) is 5.32 Å². The van der Waals surface area contributed by atoms with Crippen LogP contribution in [0.4, 0.5) is 5.69 Å². The Balaban J connectivity index is 1.89. The summed E-state index contributed by atoms with van der Waals surface area (Å²) in [6.45, 7) is 4.44. The summed E-state index contributed by atoms with van der Waals surface area (Å²) in [5, 5.41) is 5.36. The lowest BCUT2D eigenvalue weighted by Crippen LogP contribution is -2.37. The minimum Gasteiger partial charge on any atom is -0.347 e. The summed E-state index contributed by atoms with van der Waals surface area (Å²) in [6, 6.07) is 17.4. The van der Waals surface area contributed by atoms with Gasteiger partial charge in [-0.15, -0.1) is 0 Å². The molecule has 0 aliphatic rings. The number of hydrogen-bond acceptors (Lipinski definition) is 2. The molecule has 2 N–H and O–H groups in total. The van der Waals surface area contributed by atoms with Crippen LogP contribution in [0.25, 0.3) is 0 Å². The predicted octanol–water partition coefficient (Wildman–Crippen LogP) is 3.11. The maximum Gasteiger partial charge on any atom is 0.313 e. The molecule has 0 aromatic heterocycles. The number of anilines is 1. The molecule has 0 radical (unpaired) electrons. The van der Waals surface area contributed by atoms with Crippen LogP contribution < -0.4 is 10.6 Å². The van der Waals surface area contributed by atoms with Crippen molar-refractivity contribution in [3.8, 4) is 0 Å². The molecular weight excluding hydrogens is 288 g/mol. The highest BCUT2D eigenvalue weighted by molar-refractivity contribution is 6.39. The Bertz CT molecular complexity index is 668. The molecule has 4 nitrogen and oxygen atoms in total. The molecule has 0 heterocycles. The molecule has 4 heteroatoms. The average molecular weight is 310 g/mol. The Hall–Kier alpha value is -2.62. The molecule has 0 saturated heterocycles. The lowest BCUT2D eigenvalue weighted by Gasteiger charge is -2.13. The summed E-state index contributed by atoms with van der Waals surface area (Å²) in [4.78, 5) is 24.0. The monoisotopic (exact) mass is 310 g/mol. The molecule has 23 heavy (non-hydrogen) atoms. The largest absolute Gasteiger partial charge is 0.347 e. The Labute approximate surface area is 136 Å². The van der Waals surface area contributed by atoms with Gasteiger partial charge in [-0.1, -0.05) is 62.4 Å². The van der Waals surface area contributed by atoms with E-state index in [-0.39, 0.29) is 5.92 Å². The second-order valence-electron chi connectivity index (χ2n) is 5.49. The fourth-order valence-corrected chi connectivity index (χ4v) is 2.36. The first-order valence-electron chi connectivity index (χ1n) is 7.83. The number of benzene rings is 2. The second kappa shape index (κ2) is 8.13. The first kappa shape index (κ1) is 16.7. The molecule has 0 aliphatic heterocycles. The molecule has 0 unspecified atom stereocenters. The van der Waals surface area contributed by atoms with Crippen molar-refractivity contribution in [2.24, 2.45) is 0 Å². The number of carbonyl (C=O) groups excluding carboxylic acids is 2. The number of para-hydroxylation sites is 1. The molecule has 120 valence electrons. The summed E-state index contributed by atoms with van der Waals surface area (Å²) >= 11 is 0. The molecule has 2 rings (SSSR count). The zero-order valence-electron chi connectivity index (χ0n) is 13.5. The van der Waals surface area contributed by atoms with Crippen molar-refractivity contribution >= 4 is 17.5 Å². The van der Waals surface area contributed by atoms with Gasteiger partial charge in [-0.3, -0.25) is 9.59 Å². The third-order valence-corrected chi connectivity index (χ3v) is 3.79. The first-order chi connectivity index (χ1) is 11.1. The third-order valence-electron chi connectivity index (χ3n) is 3.79. The van der Waals surface area contributed by atoms with E-state index in [1.165, 1.54) is 0 Å². The fraction of sp³-hybridized carbons (Fsp3) is 0.263. The molecule has 0 aliphatic carbocycles. The molecule has 0 fully saturated rings. The summed E-state index contributed by atoms with van der Waals surface area (Å²) in [5.41, 5.74) is 2.82. The minimum atomic E-state index is -0.633. The van der Waals surface area contributed by atoms with Crippen LogP contribution in [0.5, 0.6) is 0 Å². The average Bonchev–Trinajstić information content (AvgIpc) is 2.60. The SMILES string of the molecule is CCc1ccccc1NC(=O)C(=O)NC[C@H](C)c1ccccc1. The van der Waals surface area contributed by atoms with Crippen molar-refractivity contribution in [3.63, 3.8) is 0 Å². The zero-order valence-corrected chi connectivity index (χ0v) is 13.5. The number of amides is 2. The lowest BCUT2D eigenvalue weighted by molar-refractivity contribution is -0.136. The van der Waals surface area contributed by atoms with Crippen molar-refractivity contribution in [2.75, 3.05) is 11.9 Å². The maximum atomic E-state index is 12.0. The van der Waals surface area contributed by atoms with Gasteiger partial charge in [-0.2, -0.15) is 0 Å². The number of rotatable bonds is 5. The Morgan fingerprint density at radius 1 is 0.957 bits per heavy atom. The van der Waals surface area contributed by atoms with Gasteiger partial charge in [-0.05, 0) is 29.5 Å². The van der Waals surface area contributed by atoms with Crippen LogP contribution in [0.15, 0.2) is 54.6 Å². The van der Waals surface area contributed by atoms with Gasteiger partial charge in [0.1, 0.15) is 0 Å². The standard InChI is InChI=1S/C19H22N2O2/c1-3-15-9-7-8-12-17(15)21-19(23)18(22)20-13-14(2)16-10-5-4-6-11-16/h4-12,14H,3,13H2,1-2H3,(H,20,22)(H,21,23)/t14-/m0/s1. The molecule has 2 aromatic carbocycles. The van der Waals surface area contributed by atoms with E-state index in [1.807, 2.05) is 62.4 Å². The zero-order chi connectivity index (χ0) is 16.7. The second-order valence-corrected chi connectivity index (χ2v) is 5.49. The van der Waals surface area contributed by atoms with Crippen molar-refractivity contribution in [2.45, 2.75) is 26.2 Å². The van der Waals surface area contributed by atoms with Crippen LogP contribution in [-0.2, 0) is 16.0 Å². The molecule has 2 amide bonds. The van der Waals surface area contributed by atoms with Crippen LogP contribution in [0.1, 0.15) is 30.9 Å². The van der Waals surface area contributed by atoms with E-state index in [0.29, 0.717) is 12.2 Å². The summed E-state index contributed by atoms with van der Waals surface area (Å²) < 4.78 is 0. The first-order valence-corrected chi connectivity index (χ1v) is 7.83. The van der Waals surface area contributed by atoms with Gasteiger partial charge in [0.05, 0.1) is 0 Å². The van der Waals surface area contributed by atoms with E-state index >= 15 is 0 Å². The van der Waals surface area contributed by atoms with Crippen molar-refractivity contribution < 1.29 is 9.59 Å². The quantitative estimate of drug-likeness (QED) is 0.834. The van der Waals surface area contributed by atoms with Gasteiger partial charge in [0.25, 0.3) is 0 Å². The van der Waals surface area contributed by atoms with E-state index in [1.54, 1.807) is 6.07 Å². The smallest absolute Gasteiger partial charge is 0.313 e.